The zero-order valence-corrected chi connectivity index (χ0v) is 14.4. The molecule has 0 amide bonds. The lowest BCUT2D eigenvalue weighted by atomic mass is 9.76. The van der Waals surface area contributed by atoms with E-state index in [1.807, 2.05) is 0 Å². The van der Waals surface area contributed by atoms with Crippen LogP contribution in [0.2, 0.25) is 0 Å². The molecule has 0 aromatic rings. The first kappa shape index (κ1) is 15.8. The van der Waals surface area contributed by atoms with Crippen molar-refractivity contribution in [3.63, 3.8) is 0 Å². The molecule has 1 heterocycles. The molecule has 2 aliphatic carbocycles. The van der Waals surface area contributed by atoms with Crippen molar-refractivity contribution in [1.82, 2.24) is 10.2 Å². The summed E-state index contributed by atoms with van der Waals surface area (Å²) in [5.41, 5.74) is 1.00. The van der Waals surface area contributed by atoms with Gasteiger partial charge < -0.3 is 5.32 Å². The van der Waals surface area contributed by atoms with E-state index in [2.05, 4.69) is 24.1 Å². The highest BCUT2D eigenvalue weighted by Gasteiger charge is 2.48. The molecule has 2 nitrogen and oxygen atoms in total. The molecule has 0 bridgehead atoms. The Balaban J connectivity index is 1.67. The molecule has 3 rings (SSSR count). The standard InChI is InChI=1S/C19H36N2/c1-17(2)9-8-14-21-16-18(10-6-7-11-18)20-15-19(21)12-4-3-5-13-19/h17,20H,3-16H2,1-2H3. The zero-order valence-electron chi connectivity index (χ0n) is 14.4. The van der Waals surface area contributed by atoms with Gasteiger partial charge >= 0.3 is 0 Å². The maximum atomic E-state index is 4.04. The molecule has 0 unspecified atom stereocenters. The second-order valence-electron chi connectivity index (χ2n) is 8.58. The van der Waals surface area contributed by atoms with Crippen LogP contribution in [0.4, 0.5) is 0 Å². The Kier molecular flexibility index (Phi) is 4.95. The van der Waals surface area contributed by atoms with Gasteiger partial charge in [0.1, 0.15) is 0 Å². The van der Waals surface area contributed by atoms with Gasteiger partial charge in [0.05, 0.1) is 0 Å². The monoisotopic (exact) mass is 292 g/mol. The summed E-state index contributed by atoms with van der Waals surface area (Å²) in [6.07, 6.45) is 15.8. The summed E-state index contributed by atoms with van der Waals surface area (Å²) in [7, 11) is 0. The highest BCUT2D eigenvalue weighted by molar-refractivity contribution is 5.07. The number of rotatable bonds is 4. The number of hydrogen-bond donors (Lipinski definition) is 1. The first-order valence-electron chi connectivity index (χ1n) is 9.64. The highest BCUT2D eigenvalue weighted by atomic mass is 15.3. The third kappa shape index (κ3) is 3.47. The fourth-order valence-corrected chi connectivity index (χ4v) is 5.15. The van der Waals surface area contributed by atoms with Crippen LogP contribution in [0.25, 0.3) is 0 Å². The topological polar surface area (TPSA) is 15.3 Å². The van der Waals surface area contributed by atoms with Crippen molar-refractivity contribution in [2.24, 2.45) is 5.92 Å². The normalized spacial score (nSPS) is 28.7. The van der Waals surface area contributed by atoms with Crippen LogP contribution in [0.3, 0.4) is 0 Å². The molecule has 3 fully saturated rings. The average Bonchev–Trinajstić information content (AvgIpc) is 2.93. The Morgan fingerprint density at radius 3 is 2.29 bits per heavy atom. The summed E-state index contributed by atoms with van der Waals surface area (Å²) in [6.45, 7) is 8.70. The number of hydrogen-bond acceptors (Lipinski definition) is 2. The van der Waals surface area contributed by atoms with Crippen molar-refractivity contribution >= 4 is 0 Å². The largest absolute Gasteiger partial charge is 0.308 e. The summed E-state index contributed by atoms with van der Waals surface area (Å²) in [6, 6.07) is 0. The lowest BCUT2D eigenvalue weighted by molar-refractivity contribution is -0.0190. The first-order chi connectivity index (χ1) is 10.1. The third-order valence-electron chi connectivity index (χ3n) is 6.51. The van der Waals surface area contributed by atoms with Crippen LogP contribution < -0.4 is 5.32 Å². The molecule has 1 saturated heterocycles. The van der Waals surface area contributed by atoms with Crippen LogP contribution in [-0.2, 0) is 0 Å². The van der Waals surface area contributed by atoms with E-state index in [0.29, 0.717) is 11.1 Å². The van der Waals surface area contributed by atoms with E-state index in [1.54, 1.807) is 0 Å². The number of nitrogens with one attached hydrogen (secondary N) is 1. The first-order valence-corrected chi connectivity index (χ1v) is 9.64. The predicted octanol–water partition coefficient (Wildman–Crippen LogP) is 4.34. The van der Waals surface area contributed by atoms with Crippen molar-refractivity contribution < 1.29 is 0 Å². The van der Waals surface area contributed by atoms with Crippen LogP contribution in [0.1, 0.15) is 84.5 Å². The van der Waals surface area contributed by atoms with E-state index in [-0.39, 0.29) is 0 Å². The summed E-state index contributed by atoms with van der Waals surface area (Å²) < 4.78 is 0. The van der Waals surface area contributed by atoms with Crippen LogP contribution >= 0.6 is 0 Å². The lowest BCUT2D eigenvalue weighted by Gasteiger charge is -2.55. The molecule has 2 saturated carbocycles. The smallest absolute Gasteiger partial charge is 0.0334 e. The predicted molar refractivity (Wildman–Crippen MR) is 90.7 cm³/mol. The minimum atomic E-state index is 0.487. The summed E-state index contributed by atoms with van der Waals surface area (Å²) >= 11 is 0. The zero-order chi connectivity index (χ0) is 14.8. The second-order valence-corrected chi connectivity index (χ2v) is 8.58. The molecule has 21 heavy (non-hydrogen) atoms. The third-order valence-corrected chi connectivity index (χ3v) is 6.51. The van der Waals surface area contributed by atoms with Gasteiger partial charge in [0.2, 0.25) is 0 Å². The van der Waals surface area contributed by atoms with Gasteiger partial charge in [0, 0.05) is 24.2 Å². The Morgan fingerprint density at radius 1 is 0.952 bits per heavy atom. The van der Waals surface area contributed by atoms with Gasteiger partial charge in [-0.3, -0.25) is 4.90 Å². The van der Waals surface area contributed by atoms with Gasteiger partial charge in [-0.05, 0) is 51.0 Å². The van der Waals surface area contributed by atoms with Gasteiger partial charge in [-0.2, -0.15) is 0 Å². The Labute approximate surface area is 132 Å². The quantitative estimate of drug-likeness (QED) is 0.829. The van der Waals surface area contributed by atoms with E-state index >= 15 is 0 Å². The molecule has 2 heteroatoms. The van der Waals surface area contributed by atoms with E-state index < -0.39 is 0 Å². The van der Waals surface area contributed by atoms with Gasteiger partial charge in [0.15, 0.2) is 0 Å². The van der Waals surface area contributed by atoms with Crippen molar-refractivity contribution in [1.29, 1.82) is 0 Å². The fraction of sp³-hybridized carbons (Fsp3) is 1.00. The van der Waals surface area contributed by atoms with E-state index in [9.17, 15) is 0 Å². The maximum Gasteiger partial charge on any atom is 0.0334 e. The van der Waals surface area contributed by atoms with Crippen LogP contribution in [0, 0.1) is 5.92 Å². The van der Waals surface area contributed by atoms with Gasteiger partial charge in [-0.15, -0.1) is 0 Å². The molecular formula is C19H36N2. The molecule has 122 valence electrons. The Morgan fingerprint density at radius 2 is 1.62 bits per heavy atom. The minimum absolute atomic E-state index is 0.487. The van der Waals surface area contributed by atoms with Crippen molar-refractivity contribution in [3.05, 3.63) is 0 Å². The molecule has 0 atom stereocenters. The summed E-state index contributed by atoms with van der Waals surface area (Å²) in [5.74, 6) is 0.857. The van der Waals surface area contributed by atoms with E-state index in [0.717, 1.165) is 5.92 Å². The van der Waals surface area contributed by atoms with E-state index in [4.69, 9.17) is 0 Å². The average molecular weight is 293 g/mol. The Bertz CT molecular complexity index is 324. The molecule has 3 aliphatic rings. The number of nitrogens with zero attached hydrogens (tertiary/aromatic N) is 1. The molecule has 0 radical (unpaired) electrons. The fourth-order valence-electron chi connectivity index (χ4n) is 5.15. The van der Waals surface area contributed by atoms with E-state index in [1.165, 1.54) is 90.3 Å². The molecule has 0 aromatic heterocycles. The molecular weight excluding hydrogens is 256 g/mol. The number of piperazine rings is 1. The van der Waals surface area contributed by atoms with Crippen LogP contribution in [0.15, 0.2) is 0 Å². The summed E-state index contributed by atoms with van der Waals surface area (Å²) in [5, 5.41) is 4.04. The lowest BCUT2D eigenvalue weighted by Crippen LogP contribution is -2.69. The summed E-state index contributed by atoms with van der Waals surface area (Å²) in [4.78, 5) is 2.95. The minimum Gasteiger partial charge on any atom is -0.308 e. The van der Waals surface area contributed by atoms with Gasteiger partial charge in [0.25, 0.3) is 0 Å². The van der Waals surface area contributed by atoms with Crippen LogP contribution in [-0.4, -0.2) is 35.6 Å². The SMILES string of the molecule is CC(C)CCCN1CC2(CCCC2)NCC12CCCCC2. The van der Waals surface area contributed by atoms with Crippen molar-refractivity contribution in [2.45, 2.75) is 95.6 Å². The highest BCUT2D eigenvalue weighted by Crippen LogP contribution is 2.41. The second kappa shape index (κ2) is 6.58. The van der Waals surface area contributed by atoms with Crippen LogP contribution in [0.5, 0.6) is 0 Å². The van der Waals surface area contributed by atoms with Gasteiger partial charge in [-0.1, -0.05) is 46.0 Å². The molecule has 1 N–H and O–H groups in total. The van der Waals surface area contributed by atoms with Crippen molar-refractivity contribution in [3.8, 4) is 0 Å². The van der Waals surface area contributed by atoms with Crippen molar-refractivity contribution in [2.75, 3.05) is 19.6 Å². The van der Waals surface area contributed by atoms with Gasteiger partial charge in [-0.25, -0.2) is 0 Å². The molecule has 0 aromatic carbocycles. The molecule has 1 aliphatic heterocycles. The Hall–Kier alpha value is -0.0800. The molecule has 2 spiro atoms. The maximum absolute atomic E-state index is 4.04.